The van der Waals surface area contributed by atoms with E-state index in [4.69, 9.17) is 18.0 Å². The highest BCUT2D eigenvalue weighted by atomic mass is 79.9. The Kier molecular flexibility index (Phi) is 4.77. The summed E-state index contributed by atoms with van der Waals surface area (Å²) in [6.45, 7) is 2.86. The Bertz CT molecular complexity index is 636. The van der Waals surface area contributed by atoms with Gasteiger partial charge >= 0.3 is 0 Å². The van der Waals surface area contributed by atoms with Crippen molar-refractivity contribution in [2.24, 2.45) is 12.8 Å². The van der Waals surface area contributed by atoms with Crippen LogP contribution in [0.25, 0.3) is 0 Å². The van der Waals surface area contributed by atoms with Crippen LogP contribution in [0.3, 0.4) is 0 Å². The van der Waals surface area contributed by atoms with E-state index in [-0.39, 0.29) is 0 Å². The molecule has 0 aliphatic rings. The van der Waals surface area contributed by atoms with Gasteiger partial charge in [-0.05, 0) is 40.5 Å². The lowest BCUT2D eigenvalue weighted by Crippen LogP contribution is -2.10. The summed E-state index contributed by atoms with van der Waals surface area (Å²) >= 11 is 8.47. The van der Waals surface area contributed by atoms with Gasteiger partial charge in [-0.25, -0.2) is 0 Å². The van der Waals surface area contributed by atoms with Crippen molar-refractivity contribution in [3.05, 3.63) is 45.7 Å². The zero-order valence-corrected chi connectivity index (χ0v) is 13.9. The molecule has 4 nitrogen and oxygen atoms in total. The molecule has 106 valence electrons. The Hall–Kier alpha value is -1.40. The van der Waals surface area contributed by atoms with E-state index in [9.17, 15) is 0 Å². The summed E-state index contributed by atoms with van der Waals surface area (Å²) in [5.41, 5.74) is 9.84. The molecule has 1 aromatic heterocycles. The predicted octanol–water partition coefficient (Wildman–Crippen LogP) is 2.99. The number of aryl methyl sites for hydroxylation is 2. The number of rotatable bonds is 5. The number of nitrogens with zero attached hydrogens (tertiary/aromatic N) is 2. The van der Waals surface area contributed by atoms with E-state index in [0.717, 1.165) is 34.4 Å². The van der Waals surface area contributed by atoms with Crippen LogP contribution in [0.4, 0.5) is 5.69 Å². The minimum absolute atomic E-state index is 0.393. The fraction of sp³-hybridized carbons (Fsp3) is 0.286. The van der Waals surface area contributed by atoms with E-state index in [2.05, 4.69) is 33.3 Å². The molecule has 2 aromatic rings. The van der Waals surface area contributed by atoms with Gasteiger partial charge in [-0.3, -0.25) is 4.68 Å². The first-order valence-corrected chi connectivity index (χ1v) is 7.56. The first kappa shape index (κ1) is 15.0. The number of benzene rings is 1. The Balaban J connectivity index is 2.11. The van der Waals surface area contributed by atoms with Crippen molar-refractivity contribution in [3.8, 4) is 0 Å². The summed E-state index contributed by atoms with van der Waals surface area (Å²) in [5, 5.41) is 7.82. The number of nitrogens with one attached hydrogen (secondary N) is 1. The largest absolute Gasteiger partial charge is 0.389 e. The summed E-state index contributed by atoms with van der Waals surface area (Å²) in [4.78, 5) is 0.393. The van der Waals surface area contributed by atoms with Crippen molar-refractivity contribution < 1.29 is 0 Å². The Labute approximate surface area is 132 Å². The summed E-state index contributed by atoms with van der Waals surface area (Å²) in [6.07, 6.45) is 2.98. The van der Waals surface area contributed by atoms with Crippen LogP contribution < -0.4 is 11.1 Å². The lowest BCUT2D eigenvalue weighted by Gasteiger charge is -2.09. The average Bonchev–Trinajstić information content (AvgIpc) is 2.76. The molecule has 1 aromatic carbocycles. The van der Waals surface area contributed by atoms with Gasteiger partial charge < -0.3 is 11.1 Å². The average molecular weight is 353 g/mol. The van der Waals surface area contributed by atoms with Crippen LogP contribution in [-0.4, -0.2) is 14.8 Å². The van der Waals surface area contributed by atoms with E-state index < -0.39 is 0 Å². The lowest BCUT2D eigenvalue weighted by molar-refractivity contribution is 0.746. The van der Waals surface area contributed by atoms with Crippen molar-refractivity contribution in [1.82, 2.24) is 9.78 Å². The van der Waals surface area contributed by atoms with Crippen LogP contribution in [0.15, 0.2) is 28.9 Å². The first-order chi connectivity index (χ1) is 9.51. The highest BCUT2D eigenvalue weighted by molar-refractivity contribution is 9.10. The molecule has 0 spiro atoms. The monoisotopic (exact) mass is 352 g/mol. The van der Waals surface area contributed by atoms with Crippen LogP contribution in [-0.2, 0) is 20.0 Å². The molecule has 6 heteroatoms. The molecule has 0 aliphatic carbocycles. The Morgan fingerprint density at radius 2 is 2.25 bits per heavy atom. The standard InChI is InChI=1S/C14H17BrN4S/c1-3-13-9(8-19(2)18-13)7-17-10-4-5-11(14(16)20)12(15)6-10/h4-6,8,17H,3,7H2,1-2H3,(H2,16,20). The maximum absolute atomic E-state index is 5.64. The highest BCUT2D eigenvalue weighted by Gasteiger charge is 2.07. The minimum atomic E-state index is 0.393. The number of halogens is 1. The van der Waals surface area contributed by atoms with Crippen molar-refractivity contribution in [3.63, 3.8) is 0 Å². The van der Waals surface area contributed by atoms with Crippen molar-refractivity contribution in [2.45, 2.75) is 19.9 Å². The quantitative estimate of drug-likeness (QED) is 0.812. The van der Waals surface area contributed by atoms with Gasteiger partial charge in [-0.1, -0.05) is 19.1 Å². The third-order valence-corrected chi connectivity index (χ3v) is 3.92. The van der Waals surface area contributed by atoms with Crippen molar-refractivity contribution in [1.29, 1.82) is 0 Å². The molecule has 3 N–H and O–H groups in total. The maximum Gasteiger partial charge on any atom is 0.105 e. The SMILES string of the molecule is CCc1nn(C)cc1CNc1ccc(C(N)=S)c(Br)c1. The summed E-state index contributed by atoms with van der Waals surface area (Å²) in [5.74, 6) is 0. The number of hydrogen-bond donors (Lipinski definition) is 2. The Morgan fingerprint density at radius 3 is 2.85 bits per heavy atom. The normalized spacial score (nSPS) is 10.6. The second-order valence-corrected chi connectivity index (χ2v) is 5.83. The lowest BCUT2D eigenvalue weighted by atomic mass is 10.2. The number of hydrogen-bond acceptors (Lipinski definition) is 3. The van der Waals surface area contributed by atoms with E-state index in [1.807, 2.05) is 36.1 Å². The van der Waals surface area contributed by atoms with Gasteiger partial charge in [0.15, 0.2) is 0 Å². The second kappa shape index (κ2) is 6.37. The van der Waals surface area contributed by atoms with Crippen LogP contribution in [0.1, 0.15) is 23.7 Å². The van der Waals surface area contributed by atoms with Crippen molar-refractivity contribution >= 4 is 38.8 Å². The molecule has 0 bridgehead atoms. The summed E-state index contributed by atoms with van der Waals surface area (Å²) in [6, 6.07) is 5.87. The van der Waals surface area contributed by atoms with E-state index in [1.165, 1.54) is 5.56 Å². The molecule has 0 fully saturated rings. The third kappa shape index (κ3) is 3.37. The van der Waals surface area contributed by atoms with Gasteiger partial charge in [0, 0.05) is 41.1 Å². The second-order valence-electron chi connectivity index (χ2n) is 4.54. The first-order valence-electron chi connectivity index (χ1n) is 6.36. The van der Waals surface area contributed by atoms with Gasteiger partial charge in [-0.2, -0.15) is 5.10 Å². The van der Waals surface area contributed by atoms with Gasteiger partial charge in [0.2, 0.25) is 0 Å². The van der Waals surface area contributed by atoms with Crippen LogP contribution in [0.5, 0.6) is 0 Å². The smallest absolute Gasteiger partial charge is 0.105 e. The van der Waals surface area contributed by atoms with Gasteiger partial charge in [0.25, 0.3) is 0 Å². The predicted molar refractivity (Wildman–Crippen MR) is 89.9 cm³/mol. The van der Waals surface area contributed by atoms with Gasteiger partial charge in [0.1, 0.15) is 4.99 Å². The summed E-state index contributed by atoms with van der Waals surface area (Å²) < 4.78 is 2.75. The number of thiocarbonyl (C=S) groups is 1. The molecule has 0 radical (unpaired) electrons. The zero-order valence-electron chi connectivity index (χ0n) is 11.5. The van der Waals surface area contributed by atoms with E-state index >= 15 is 0 Å². The molecule has 0 saturated carbocycles. The topological polar surface area (TPSA) is 55.9 Å². The highest BCUT2D eigenvalue weighted by Crippen LogP contribution is 2.22. The van der Waals surface area contributed by atoms with Gasteiger partial charge in [-0.15, -0.1) is 0 Å². The number of nitrogens with two attached hydrogens (primary N) is 1. The molecular weight excluding hydrogens is 336 g/mol. The zero-order chi connectivity index (χ0) is 14.7. The molecule has 0 unspecified atom stereocenters. The molecule has 2 rings (SSSR count). The molecule has 1 heterocycles. The molecule has 0 amide bonds. The van der Waals surface area contributed by atoms with Crippen LogP contribution >= 0.6 is 28.1 Å². The summed E-state index contributed by atoms with van der Waals surface area (Å²) in [7, 11) is 1.94. The molecular formula is C14H17BrN4S. The van der Waals surface area contributed by atoms with Crippen molar-refractivity contribution in [2.75, 3.05) is 5.32 Å². The van der Waals surface area contributed by atoms with Crippen LogP contribution in [0.2, 0.25) is 0 Å². The number of aromatic nitrogens is 2. The third-order valence-electron chi connectivity index (χ3n) is 3.04. The van der Waals surface area contributed by atoms with E-state index in [1.54, 1.807) is 0 Å². The fourth-order valence-electron chi connectivity index (χ4n) is 2.05. The minimum Gasteiger partial charge on any atom is -0.389 e. The fourth-order valence-corrected chi connectivity index (χ4v) is 2.95. The molecule has 0 saturated heterocycles. The van der Waals surface area contributed by atoms with E-state index in [0.29, 0.717) is 4.99 Å². The molecule has 0 atom stereocenters. The maximum atomic E-state index is 5.64. The van der Waals surface area contributed by atoms with Crippen LogP contribution in [0, 0.1) is 0 Å². The molecule has 0 aliphatic heterocycles. The molecule has 20 heavy (non-hydrogen) atoms. The van der Waals surface area contributed by atoms with Gasteiger partial charge in [0.05, 0.1) is 5.69 Å². The number of anilines is 1. The Morgan fingerprint density at radius 1 is 1.50 bits per heavy atom.